The quantitative estimate of drug-likeness (QED) is 0.387. The number of nitrogens with zero attached hydrogens (tertiary/aromatic N) is 1. The molecule has 0 aliphatic heterocycles. The number of halogens is 3. The predicted molar refractivity (Wildman–Crippen MR) is 44.4 cm³/mol. The molecular formula is C5H12F3N3O2S. The molecule has 0 bridgehead atoms. The minimum atomic E-state index is -5.37. The Morgan fingerprint density at radius 1 is 1.43 bits per heavy atom. The Kier molecular flexibility index (Phi) is 4.78. The van der Waals surface area contributed by atoms with Crippen LogP contribution in [0.15, 0.2) is 0 Å². The van der Waals surface area contributed by atoms with Gasteiger partial charge in [0.15, 0.2) is 0 Å². The molecule has 0 amide bonds. The van der Waals surface area contributed by atoms with Crippen molar-refractivity contribution >= 4 is 10.0 Å². The lowest BCUT2D eigenvalue weighted by Gasteiger charge is -2.17. The summed E-state index contributed by atoms with van der Waals surface area (Å²) in [6, 6.07) is 0. The normalized spacial score (nSPS) is 13.6. The van der Waals surface area contributed by atoms with Gasteiger partial charge in [0.25, 0.3) is 0 Å². The molecule has 3 N–H and O–H groups in total. The second-order valence-electron chi connectivity index (χ2n) is 2.52. The van der Waals surface area contributed by atoms with Crippen LogP contribution >= 0.6 is 0 Å². The number of hydrogen-bond acceptors (Lipinski definition) is 4. The minimum Gasteiger partial charge on any atom is -0.320 e. The van der Waals surface area contributed by atoms with Crippen LogP contribution in [0.2, 0.25) is 0 Å². The van der Waals surface area contributed by atoms with Gasteiger partial charge in [-0.2, -0.15) is 13.2 Å². The van der Waals surface area contributed by atoms with Gasteiger partial charge in [-0.25, -0.2) is 8.42 Å². The number of alkyl halides is 3. The minimum absolute atomic E-state index is 0.190. The van der Waals surface area contributed by atoms with Gasteiger partial charge in [-0.15, -0.1) is 4.41 Å². The molecule has 0 saturated carbocycles. The van der Waals surface area contributed by atoms with E-state index in [-0.39, 0.29) is 17.4 Å². The second kappa shape index (κ2) is 4.91. The fraction of sp³-hybridized carbons (Fsp3) is 1.00. The van der Waals surface area contributed by atoms with Gasteiger partial charge < -0.3 is 5.32 Å². The van der Waals surface area contributed by atoms with Gasteiger partial charge >= 0.3 is 15.5 Å². The van der Waals surface area contributed by atoms with Gasteiger partial charge in [-0.05, 0) is 20.0 Å². The lowest BCUT2D eigenvalue weighted by atomic mass is 10.4. The van der Waals surface area contributed by atoms with Crippen LogP contribution in [0, 0.1) is 0 Å². The zero-order chi connectivity index (χ0) is 11.4. The van der Waals surface area contributed by atoms with Crippen molar-refractivity contribution in [1.29, 1.82) is 0 Å². The van der Waals surface area contributed by atoms with Crippen LogP contribution in [0.5, 0.6) is 0 Å². The van der Waals surface area contributed by atoms with Crippen LogP contribution in [-0.2, 0) is 10.0 Å². The summed E-state index contributed by atoms with van der Waals surface area (Å²) in [6.07, 6.45) is 0.211. The standard InChI is InChI=1S/C5H12F3N3O2S/c1-10-3-2-4-11(9)14(12,13)5(6,7)8/h10H,2-4,9H2,1H3. The lowest BCUT2D eigenvalue weighted by Crippen LogP contribution is -2.46. The molecule has 9 heteroatoms. The maximum atomic E-state index is 11.9. The molecule has 0 aromatic rings. The molecular weight excluding hydrogens is 223 g/mol. The summed E-state index contributed by atoms with van der Waals surface area (Å²) in [5.74, 6) is 4.78. The number of sulfonamides is 1. The van der Waals surface area contributed by atoms with Crippen LogP contribution in [0.25, 0.3) is 0 Å². The van der Waals surface area contributed by atoms with E-state index >= 15 is 0 Å². The molecule has 0 aromatic heterocycles. The number of rotatable bonds is 5. The molecule has 0 aliphatic carbocycles. The molecule has 0 rings (SSSR count). The van der Waals surface area contributed by atoms with Crippen LogP contribution in [-0.4, -0.2) is 38.5 Å². The Morgan fingerprint density at radius 2 is 1.93 bits per heavy atom. The van der Waals surface area contributed by atoms with Crippen LogP contribution in [0.3, 0.4) is 0 Å². The maximum absolute atomic E-state index is 11.9. The largest absolute Gasteiger partial charge is 0.512 e. The summed E-state index contributed by atoms with van der Waals surface area (Å²) >= 11 is 0. The highest BCUT2D eigenvalue weighted by Gasteiger charge is 2.48. The summed E-state index contributed by atoms with van der Waals surface area (Å²) < 4.78 is 56.6. The molecule has 0 spiro atoms. The fourth-order valence-corrected chi connectivity index (χ4v) is 1.30. The second-order valence-corrected chi connectivity index (χ2v) is 4.40. The van der Waals surface area contributed by atoms with Crippen LogP contribution in [0.1, 0.15) is 6.42 Å². The highest BCUT2D eigenvalue weighted by molar-refractivity contribution is 7.89. The van der Waals surface area contributed by atoms with E-state index < -0.39 is 15.5 Å². The monoisotopic (exact) mass is 235 g/mol. The molecule has 0 aromatic carbocycles. The van der Waals surface area contributed by atoms with Gasteiger partial charge in [0, 0.05) is 6.54 Å². The van der Waals surface area contributed by atoms with Crippen molar-refractivity contribution in [2.24, 2.45) is 5.84 Å². The summed E-state index contributed by atoms with van der Waals surface area (Å²) in [4.78, 5) is 0. The first kappa shape index (κ1) is 13.6. The number of hydrogen-bond donors (Lipinski definition) is 2. The Balaban J connectivity index is 4.31. The van der Waals surface area contributed by atoms with Crippen molar-refractivity contribution in [1.82, 2.24) is 9.73 Å². The SMILES string of the molecule is CNCCCN(N)S(=O)(=O)C(F)(F)F. The van der Waals surface area contributed by atoms with Crippen molar-refractivity contribution < 1.29 is 21.6 Å². The first-order valence-electron chi connectivity index (χ1n) is 3.71. The fourth-order valence-electron chi connectivity index (χ4n) is 0.665. The van der Waals surface area contributed by atoms with Gasteiger partial charge in [0.05, 0.1) is 0 Å². The summed E-state index contributed by atoms with van der Waals surface area (Å²) in [7, 11) is -3.78. The van der Waals surface area contributed by atoms with E-state index in [0.29, 0.717) is 6.54 Å². The average Bonchev–Trinajstić information content (AvgIpc) is 2.02. The Bertz CT molecular complexity index is 264. The number of nitrogens with two attached hydrogens (primary N) is 1. The van der Waals surface area contributed by atoms with Crippen LogP contribution < -0.4 is 11.2 Å². The molecule has 0 aliphatic rings. The van der Waals surface area contributed by atoms with Gasteiger partial charge in [-0.3, -0.25) is 5.84 Å². The third-order valence-electron chi connectivity index (χ3n) is 1.41. The van der Waals surface area contributed by atoms with Crippen molar-refractivity contribution in [2.75, 3.05) is 20.1 Å². The van der Waals surface area contributed by atoms with E-state index in [1.165, 1.54) is 0 Å². The van der Waals surface area contributed by atoms with E-state index in [4.69, 9.17) is 5.84 Å². The highest BCUT2D eigenvalue weighted by atomic mass is 32.2. The average molecular weight is 235 g/mol. The van der Waals surface area contributed by atoms with E-state index in [9.17, 15) is 21.6 Å². The molecule has 0 unspecified atom stereocenters. The maximum Gasteiger partial charge on any atom is 0.512 e. The molecule has 86 valence electrons. The zero-order valence-electron chi connectivity index (χ0n) is 7.50. The van der Waals surface area contributed by atoms with Gasteiger partial charge in [-0.1, -0.05) is 0 Å². The topological polar surface area (TPSA) is 75.4 Å². The molecule has 0 heterocycles. The van der Waals surface area contributed by atoms with E-state index in [0.717, 1.165) is 0 Å². The highest BCUT2D eigenvalue weighted by Crippen LogP contribution is 2.24. The lowest BCUT2D eigenvalue weighted by molar-refractivity contribution is -0.0489. The third-order valence-corrected chi connectivity index (χ3v) is 2.79. The van der Waals surface area contributed by atoms with Crippen molar-refractivity contribution in [3.63, 3.8) is 0 Å². The Morgan fingerprint density at radius 3 is 2.29 bits per heavy atom. The molecule has 0 saturated heterocycles. The first-order chi connectivity index (χ1) is 6.23. The van der Waals surface area contributed by atoms with Crippen molar-refractivity contribution in [2.45, 2.75) is 11.9 Å². The number of hydrazine groups is 1. The summed E-state index contributed by atoms with van der Waals surface area (Å²) in [5, 5.41) is 2.65. The van der Waals surface area contributed by atoms with E-state index in [1.807, 2.05) is 0 Å². The van der Waals surface area contributed by atoms with Crippen molar-refractivity contribution in [3.8, 4) is 0 Å². The third kappa shape index (κ3) is 3.40. The summed E-state index contributed by atoms with van der Waals surface area (Å²) in [6.45, 7) is 0.0176. The Labute approximate surface area is 80.1 Å². The zero-order valence-corrected chi connectivity index (χ0v) is 8.32. The van der Waals surface area contributed by atoms with Gasteiger partial charge in [0.2, 0.25) is 0 Å². The van der Waals surface area contributed by atoms with E-state index in [1.54, 1.807) is 7.05 Å². The first-order valence-corrected chi connectivity index (χ1v) is 5.16. The molecule has 0 atom stereocenters. The van der Waals surface area contributed by atoms with Crippen molar-refractivity contribution in [3.05, 3.63) is 0 Å². The predicted octanol–water partition coefficient (Wildman–Crippen LogP) is -0.379. The molecule has 0 fully saturated rings. The molecule has 14 heavy (non-hydrogen) atoms. The van der Waals surface area contributed by atoms with E-state index in [2.05, 4.69) is 5.32 Å². The van der Waals surface area contributed by atoms with Crippen LogP contribution in [0.4, 0.5) is 13.2 Å². The summed E-state index contributed by atoms with van der Waals surface area (Å²) in [5.41, 5.74) is -5.33. The molecule has 5 nitrogen and oxygen atoms in total. The van der Waals surface area contributed by atoms with Gasteiger partial charge in [0.1, 0.15) is 0 Å². The smallest absolute Gasteiger partial charge is 0.320 e. The Hall–Kier alpha value is -0.380. The number of nitrogens with one attached hydrogen (secondary N) is 1. The molecule has 0 radical (unpaired) electrons.